The maximum atomic E-state index is 12.7. The van der Waals surface area contributed by atoms with Crippen molar-refractivity contribution in [2.24, 2.45) is 5.73 Å². The van der Waals surface area contributed by atoms with Crippen molar-refractivity contribution in [3.63, 3.8) is 0 Å². The number of phosphoric acid groups is 1. The summed E-state index contributed by atoms with van der Waals surface area (Å²) in [5.74, 6) is -0.801. The summed E-state index contributed by atoms with van der Waals surface area (Å²) in [4.78, 5) is 35.2. The predicted molar refractivity (Wildman–Crippen MR) is 285 cm³/mol. The van der Waals surface area contributed by atoms with Gasteiger partial charge in [0.05, 0.1) is 13.2 Å². The van der Waals surface area contributed by atoms with E-state index in [2.05, 4.69) is 13.8 Å². The molecule has 3 N–H and O–H groups in total. The topological polar surface area (TPSA) is 134 Å². The monoisotopic (exact) mass is 972 g/mol. The van der Waals surface area contributed by atoms with E-state index in [1.165, 1.54) is 257 Å². The fourth-order valence-electron chi connectivity index (χ4n) is 9.11. The van der Waals surface area contributed by atoms with Crippen LogP contribution < -0.4 is 5.73 Å². The molecule has 67 heavy (non-hydrogen) atoms. The number of hydrogen-bond acceptors (Lipinski definition) is 8. The van der Waals surface area contributed by atoms with Gasteiger partial charge in [-0.05, 0) is 12.8 Å². The summed E-state index contributed by atoms with van der Waals surface area (Å²) >= 11 is 0. The quantitative estimate of drug-likeness (QED) is 0.0347. The van der Waals surface area contributed by atoms with Crippen LogP contribution in [0.1, 0.15) is 322 Å². The summed E-state index contributed by atoms with van der Waals surface area (Å²) in [5.41, 5.74) is 5.38. The van der Waals surface area contributed by atoms with Crippen LogP contribution in [0.3, 0.4) is 0 Å². The maximum absolute atomic E-state index is 12.7. The first-order valence-corrected chi connectivity index (χ1v) is 31.0. The van der Waals surface area contributed by atoms with Gasteiger partial charge in [0, 0.05) is 19.4 Å². The van der Waals surface area contributed by atoms with E-state index in [1.54, 1.807) is 0 Å². The van der Waals surface area contributed by atoms with Crippen molar-refractivity contribution in [3.8, 4) is 0 Å². The minimum atomic E-state index is -4.38. The molecule has 0 rings (SSSR count). The normalized spacial score (nSPS) is 13.0. The lowest BCUT2D eigenvalue weighted by Crippen LogP contribution is -2.29. The molecule has 0 heterocycles. The third kappa shape index (κ3) is 54.2. The van der Waals surface area contributed by atoms with Gasteiger partial charge in [-0.3, -0.25) is 18.6 Å². The van der Waals surface area contributed by atoms with Gasteiger partial charge in [0.2, 0.25) is 0 Å². The second-order valence-corrected chi connectivity index (χ2v) is 21.7. The number of hydrogen-bond donors (Lipinski definition) is 2. The molecular formula is C57H114NO8P. The van der Waals surface area contributed by atoms with Crippen molar-refractivity contribution >= 4 is 19.8 Å². The van der Waals surface area contributed by atoms with Gasteiger partial charge in [-0.15, -0.1) is 0 Å². The van der Waals surface area contributed by atoms with Crippen LogP contribution in [0, 0.1) is 0 Å². The lowest BCUT2D eigenvalue weighted by atomic mass is 10.0. The van der Waals surface area contributed by atoms with Crippen molar-refractivity contribution in [2.45, 2.75) is 328 Å². The van der Waals surface area contributed by atoms with Gasteiger partial charge >= 0.3 is 19.8 Å². The Hall–Kier alpha value is -0.990. The summed E-state index contributed by atoms with van der Waals surface area (Å²) < 4.78 is 33.1. The molecule has 0 saturated heterocycles. The van der Waals surface area contributed by atoms with Crippen LogP contribution in [0.4, 0.5) is 0 Å². The average molecular weight is 973 g/mol. The van der Waals surface area contributed by atoms with E-state index in [0.717, 1.165) is 32.1 Å². The zero-order valence-corrected chi connectivity index (χ0v) is 45.6. The van der Waals surface area contributed by atoms with E-state index in [4.69, 9.17) is 24.3 Å². The first-order chi connectivity index (χ1) is 32.8. The first kappa shape index (κ1) is 66.0. The molecular weight excluding hydrogens is 858 g/mol. The van der Waals surface area contributed by atoms with Gasteiger partial charge in [-0.25, -0.2) is 4.57 Å². The molecule has 0 aliphatic rings. The van der Waals surface area contributed by atoms with Crippen molar-refractivity contribution in [1.82, 2.24) is 0 Å². The number of rotatable bonds is 57. The van der Waals surface area contributed by atoms with Crippen LogP contribution in [0.15, 0.2) is 0 Å². The molecule has 2 atom stereocenters. The molecule has 10 heteroatoms. The Morgan fingerprint density at radius 1 is 0.388 bits per heavy atom. The highest BCUT2D eigenvalue weighted by Gasteiger charge is 2.26. The largest absolute Gasteiger partial charge is 0.472 e. The molecule has 400 valence electrons. The van der Waals surface area contributed by atoms with Crippen LogP contribution in [-0.4, -0.2) is 49.3 Å². The fourth-order valence-corrected chi connectivity index (χ4v) is 9.88. The van der Waals surface area contributed by atoms with Gasteiger partial charge in [0.1, 0.15) is 6.61 Å². The predicted octanol–water partition coefficient (Wildman–Crippen LogP) is 18.3. The molecule has 0 aromatic rings. The van der Waals surface area contributed by atoms with Gasteiger partial charge in [-0.1, -0.05) is 296 Å². The SMILES string of the molecule is CCCCCCCCCCCCCCCCCCCCCCCCCCC(=O)OC(COC(=O)CCCCCCCCCCCCCCCCCCCCCCCC)COP(=O)(O)OCCN. The van der Waals surface area contributed by atoms with Gasteiger partial charge in [-0.2, -0.15) is 0 Å². The smallest absolute Gasteiger partial charge is 0.462 e. The molecule has 0 aromatic carbocycles. The second-order valence-electron chi connectivity index (χ2n) is 20.2. The highest BCUT2D eigenvalue weighted by molar-refractivity contribution is 7.47. The van der Waals surface area contributed by atoms with Crippen molar-refractivity contribution in [2.75, 3.05) is 26.4 Å². The molecule has 0 aliphatic carbocycles. The summed E-state index contributed by atoms with van der Waals surface area (Å²) in [5, 5.41) is 0. The number of esters is 2. The molecule has 0 aromatic heterocycles. The van der Waals surface area contributed by atoms with Crippen molar-refractivity contribution < 1.29 is 37.6 Å². The number of nitrogens with two attached hydrogens (primary N) is 1. The third-order valence-electron chi connectivity index (χ3n) is 13.5. The molecule has 9 nitrogen and oxygen atoms in total. The van der Waals surface area contributed by atoms with Crippen LogP contribution in [-0.2, 0) is 32.7 Å². The van der Waals surface area contributed by atoms with Gasteiger partial charge in [0.15, 0.2) is 6.10 Å². The number of carbonyl (C=O) groups excluding carboxylic acids is 2. The average Bonchev–Trinajstić information content (AvgIpc) is 3.32. The molecule has 0 amide bonds. The minimum absolute atomic E-state index is 0.0586. The molecule has 0 aliphatic heterocycles. The van der Waals surface area contributed by atoms with E-state index in [9.17, 15) is 19.0 Å². The van der Waals surface area contributed by atoms with Crippen LogP contribution in [0.2, 0.25) is 0 Å². The second kappa shape index (κ2) is 54.3. The molecule has 0 fully saturated rings. The maximum Gasteiger partial charge on any atom is 0.472 e. The lowest BCUT2D eigenvalue weighted by Gasteiger charge is -2.19. The van der Waals surface area contributed by atoms with E-state index in [1.807, 2.05) is 0 Å². The van der Waals surface area contributed by atoms with Crippen molar-refractivity contribution in [3.05, 3.63) is 0 Å². The first-order valence-electron chi connectivity index (χ1n) is 29.5. The van der Waals surface area contributed by atoms with Crippen LogP contribution in [0.5, 0.6) is 0 Å². The van der Waals surface area contributed by atoms with E-state index in [0.29, 0.717) is 6.42 Å². The Labute approximate surface area is 416 Å². The Balaban J connectivity index is 3.90. The fraction of sp³-hybridized carbons (Fsp3) is 0.965. The number of carbonyl (C=O) groups is 2. The van der Waals surface area contributed by atoms with E-state index in [-0.39, 0.29) is 38.6 Å². The Bertz CT molecular complexity index is 1060. The molecule has 0 bridgehead atoms. The number of unbranched alkanes of at least 4 members (excludes halogenated alkanes) is 44. The molecule has 2 unspecified atom stereocenters. The zero-order valence-electron chi connectivity index (χ0n) is 44.7. The van der Waals surface area contributed by atoms with E-state index < -0.39 is 26.5 Å². The van der Waals surface area contributed by atoms with Crippen molar-refractivity contribution in [1.29, 1.82) is 0 Å². The summed E-state index contributed by atoms with van der Waals surface area (Å²) in [6.07, 6.45) is 60.2. The summed E-state index contributed by atoms with van der Waals surface area (Å²) in [6, 6.07) is 0. The molecule has 0 radical (unpaired) electrons. The molecule has 0 saturated carbocycles. The highest BCUT2D eigenvalue weighted by atomic mass is 31.2. The molecule has 0 spiro atoms. The van der Waals surface area contributed by atoms with E-state index >= 15 is 0 Å². The van der Waals surface area contributed by atoms with Gasteiger partial charge < -0.3 is 20.1 Å². The Kier molecular flexibility index (Phi) is 53.5. The van der Waals surface area contributed by atoms with Crippen LogP contribution >= 0.6 is 7.82 Å². The Morgan fingerprint density at radius 2 is 0.642 bits per heavy atom. The Morgan fingerprint density at radius 3 is 0.910 bits per heavy atom. The van der Waals surface area contributed by atoms with Gasteiger partial charge in [0.25, 0.3) is 0 Å². The highest BCUT2D eigenvalue weighted by Crippen LogP contribution is 2.43. The minimum Gasteiger partial charge on any atom is -0.462 e. The number of ether oxygens (including phenoxy) is 2. The summed E-state index contributed by atoms with van der Waals surface area (Å²) in [7, 11) is -4.38. The van der Waals surface area contributed by atoms with Crippen LogP contribution in [0.25, 0.3) is 0 Å². The third-order valence-corrected chi connectivity index (χ3v) is 14.5. The standard InChI is InChI=1S/C57H114NO8P/c1-3-5-7-9-11-13-15-17-19-21-23-25-27-28-30-32-34-36-38-40-42-44-46-48-50-57(60)66-55(54-65-67(61,62)64-52-51-58)53-63-56(59)49-47-45-43-41-39-37-35-33-31-29-26-24-22-20-18-16-14-12-10-8-6-4-2/h55H,3-54,58H2,1-2H3,(H,61,62). The summed E-state index contributed by atoms with van der Waals surface area (Å²) in [6.45, 7) is 3.83. The lowest BCUT2D eigenvalue weighted by molar-refractivity contribution is -0.161. The number of phosphoric ester groups is 1. The zero-order chi connectivity index (χ0) is 48.8.